The molecule has 2 N–H and O–H groups in total. The molecular formula is C12H17ClN2O2. The standard InChI is InChI=1S/C12H17ClN2O2/c1-15(2)6-3-7-17-12(16)9-4-5-11(14)10(13)8-9/h4-5,8H,3,6-7,14H2,1-2H3. The van der Waals surface area contributed by atoms with Crippen LogP contribution in [-0.4, -0.2) is 38.1 Å². The van der Waals surface area contributed by atoms with Crippen molar-refractivity contribution in [1.29, 1.82) is 0 Å². The highest BCUT2D eigenvalue weighted by molar-refractivity contribution is 6.33. The number of benzene rings is 1. The van der Waals surface area contributed by atoms with Crippen LogP contribution in [0.2, 0.25) is 5.02 Å². The maximum absolute atomic E-state index is 11.6. The zero-order valence-corrected chi connectivity index (χ0v) is 10.8. The van der Waals surface area contributed by atoms with Crippen molar-refractivity contribution in [2.45, 2.75) is 6.42 Å². The van der Waals surface area contributed by atoms with E-state index in [0.29, 0.717) is 22.9 Å². The Balaban J connectivity index is 2.44. The van der Waals surface area contributed by atoms with Gasteiger partial charge >= 0.3 is 5.97 Å². The summed E-state index contributed by atoms with van der Waals surface area (Å²) in [7, 11) is 3.95. The van der Waals surface area contributed by atoms with Crippen LogP contribution >= 0.6 is 11.6 Å². The number of nitrogens with zero attached hydrogens (tertiary/aromatic N) is 1. The average Bonchev–Trinajstić information content (AvgIpc) is 2.27. The molecule has 0 atom stereocenters. The van der Waals surface area contributed by atoms with E-state index >= 15 is 0 Å². The lowest BCUT2D eigenvalue weighted by Crippen LogP contribution is -2.16. The number of nitrogen functional groups attached to an aromatic ring is 1. The Morgan fingerprint density at radius 3 is 2.76 bits per heavy atom. The molecule has 0 aliphatic rings. The lowest BCUT2D eigenvalue weighted by Gasteiger charge is -2.09. The topological polar surface area (TPSA) is 55.6 Å². The van der Waals surface area contributed by atoms with E-state index in [1.165, 1.54) is 6.07 Å². The predicted octanol–water partition coefficient (Wildman–Crippen LogP) is 2.03. The van der Waals surface area contributed by atoms with Crippen molar-refractivity contribution in [3.63, 3.8) is 0 Å². The molecule has 0 aliphatic heterocycles. The maximum atomic E-state index is 11.6. The van der Waals surface area contributed by atoms with Gasteiger partial charge < -0.3 is 15.4 Å². The van der Waals surface area contributed by atoms with E-state index in [0.717, 1.165) is 13.0 Å². The molecule has 0 unspecified atom stereocenters. The SMILES string of the molecule is CN(C)CCCOC(=O)c1ccc(N)c(Cl)c1. The zero-order chi connectivity index (χ0) is 12.8. The van der Waals surface area contributed by atoms with Gasteiger partial charge in [-0.25, -0.2) is 4.79 Å². The van der Waals surface area contributed by atoms with Gasteiger partial charge in [0.1, 0.15) is 0 Å². The number of anilines is 1. The summed E-state index contributed by atoms with van der Waals surface area (Å²) in [6.45, 7) is 1.29. The van der Waals surface area contributed by atoms with Crippen LogP contribution in [0.5, 0.6) is 0 Å². The van der Waals surface area contributed by atoms with Crippen LogP contribution in [0.3, 0.4) is 0 Å². The van der Waals surface area contributed by atoms with E-state index in [1.54, 1.807) is 12.1 Å². The van der Waals surface area contributed by atoms with Crippen molar-refractivity contribution >= 4 is 23.3 Å². The molecule has 0 aromatic heterocycles. The molecule has 0 amide bonds. The number of esters is 1. The molecule has 17 heavy (non-hydrogen) atoms. The summed E-state index contributed by atoms with van der Waals surface area (Å²) < 4.78 is 5.11. The number of hydrogen-bond donors (Lipinski definition) is 1. The number of ether oxygens (including phenoxy) is 1. The second kappa shape index (κ2) is 6.47. The third-order valence-corrected chi connectivity index (χ3v) is 2.55. The number of carbonyl (C=O) groups excluding carboxylic acids is 1. The van der Waals surface area contributed by atoms with Crippen LogP contribution in [0.1, 0.15) is 16.8 Å². The second-order valence-corrected chi connectivity index (χ2v) is 4.44. The van der Waals surface area contributed by atoms with Gasteiger partial charge in [0.2, 0.25) is 0 Å². The third-order valence-electron chi connectivity index (χ3n) is 2.22. The molecule has 1 rings (SSSR count). The first-order chi connectivity index (χ1) is 8.00. The van der Waals surface area contributed by atoms with Gasteiger partial charge in [-0.2, -0.15) is 0 Å². The number of rotatable bonds is 5. The minimum atomic E-state index is -0.370. The fraction of sp³-hybridized carbons (Fsp3) is 0.417. The van der Waals surface area contributed by atoms with Crippen molar-refractivity contribution < 1.29 is 9.53 Å². The molecule has 0 heterocycles. The van der Waals surface area contributed by atoms with E-state index < -0.39 is 0 Å². The van der Waals surface area contributed by atoms with Gasteiger partial charge in [-0.3, -0.25) is 0 Å². The van der Waals surface area contributed by atoms with Gasteiger partial charge in [-0.15, -0.1) is 0 Å². The Morgan fingerprint density at radius 1 is 1.47 bits per heavy atom. The van der Waals surface area contributed by atoms with Crippen LogP contribution in [0.15, 0.2) is 18.2 Å². The van der Waals surface area contributed by atoms with E-state index in [4.69, 9.17) is 22.1 Å². The Hall–Kier alpha value is -1.26. The molecule has 1 aromatic carbocycles. The van der Waals surface area contributed by atoms with Gasteiger partial charge in [-0.05, 0) is 38.7 Å². The van der Waals surface area contributed by atoms with Crippen LogP contribution in [0.4, 0.5) is 5.69 Å². The minimum absolute atomic E-state index is 0.368. The average molecular weight is 257 g/mol. The summed E-state index contributed by atoms with van der Waals surface area (Å²) >= 11 is 5.82. The lowest BCUT2D eigenvalue weighted by atomic mass is 10.2. The highest BCUT2D eigenvalue weighted by Crippen LogP contribution is 2.20. The summed E-state index contributed by atoms with van der Waals surface area (Å²) in [6, 6.07) is 4.72. The number of carbonyl (C=O) groups is 1. The van der Waals surface area contributed by atoms with Crippen molar-refractivity contribution in [2.75, 3.05) is 33.0 Å². The fourth-order valence-corrected chi connectivity index (χ4v) is 1.46. The molecule has 0 aliphatic carbocycles. The molecule has 94 valence electrons. The zero-order valence-electron chi connectivity index (χ0n) is 10.1. The highest BCUT2D eigenvalue weighted by Gasteiger charge is 2.08. The number of hydrogen-bond acceptors (Lipinski definition) is 4. The normalized spacial score (nSPS) is 10.6. The Labute approximate surface area is 106 Å². The van der Waals surface area contributed by atoms with Crippen molar-refractivity contribution in [3.05, 3.63) is 28.8 Å². The maximum Gasteiger partial charge on any atom is 0.338 e. The summed E-state index contributed by atoms with van der Waals surface area (Å²) in [6.07, 6.45) is 0.807. The summed E-state index contributed by atoms with van der Waals surface area (Å²) in [5.41, 5.74) is 6.43. The Bertz CT molecular complexity index is 394. The molecule has 4 nitrogen and oxygen atoms in total. The van der Waals surface area contributed by atoms with Gasteiger partial charge in [-0.1, -0.05) is 11.6 Å². The Morgan fingerprint density at radius 2 is 2.18 bits per heavy atom. The van der Waals surface area contributed by atoms with Crippen molar-refractivity contribution in [1.82, 2.24) is 4.90 Å². The van der Waals surface area contributed by atoms with E-state index in [2.05, 4.69) is 0 Å². The van der Waals surface area contributed by atoms with Crippen LogP contribution in [-0.2, 0) is 4.74 Å². The molecule has 0 saturated heterocycles. The molecule has 0 fully saturated rings. The first-order valence-corrected chi connectivity index (χ1v) is 5.75. The monoisotopic (exact) mass is 256 g/mol. The number of halogens is 1. The van der Waals surface area contributed by atoms with E-state index in [1.807, 2.05) is 19.0 Å². The van der Waals surface area contributed by atoms with Crippen LogP contribution in [0, 0.1) is 0 Å². The highest BCUT2D eigenvalue weighted by atomic mass is 35.5. The molecule has 5 heteroatoms. The van der Waals surface area contributed by atoms with Crippen LogP contribution < -0.4 is 5.73 Å². The summed E-state index contributed by atoms with van der Waals surface area (Å²) in [5, 5.41) is 0.368. The quantitative estimate of drug-likeness (QED) is 0.498. The van der Waals surface area contributed by atoms with Crippen molar-refractivity contribution in [3.8, 4) is 0 Å². The van der Waals surface area contributed by atoms with Gasteiger partial charge in [0, 0.05) is 6.54 Å². The first-order valence-electron chi connectivity index (χ1n) is 5.37. The largest absolute Gasteiger partial charge is 0.462 e. The molecule has 0 saturated carbocycles. The van der Waals surface area contributed by atoms with Gasteiger partial charge in [0.05, 0.1) is 22.9 Å². The smallest absolute Gasteiger partial charge is 0.338 e. The first kappa shape index (κ1) is 13.8. The summed E-state index contributed by atoms with van der Waals surface area (Å²) in [4.78, 5) is 13.7. The van der Waals surface area contributed by atoms with Crippen molar-refractivity contribution in [2.24, 2.45) is 0 Å². The van der Waals surface area contributed by atoms with Gasteiger partial charge in [0.25, 0.3) is 0 Å². The summed E-state index contributed by atoms with van der Waals surface area (Å²) in [5.74, 6) is -0.370. The predicted molar refractivity (Wildman–Crippen MR) is 69.3 cm³/mol. The van der Waals surface area contributed by atoms with Crippen LogP contribution in [0.25, 0.3) is 0 Å². The minimum Gasteiger partial charge on any atom is -0.462 e. The van der Waals surface area contributed by atoms with E-state index in [-0.39, 0.29) is 5.97 Å². The molecule has 0 bridgehead atoms. The molecule has 0 radical (unpaired) electrons. The molecule has 1 aromatic rings. The third kappa shape index (κ3) is 4.63. The van der Waals surface area contributed by atoms with E-state index in [9.17, 15) is 4.79 Å². The lowest BCUT2D eigenvalue weighted by molar-refractivity contribution is 0.0493. The Kier molecular flexibility index (Phi) is 5.25. The van der Waals surface area contributed by atoms with Gasteiger partial charge in [0.15, 0.2) is 0 Å². The fourth-order valence-electron chi connectivity index (χ4n) is 1.28. The second-order valence-electron chi connectivity index (χ2n) is 4.03. The molecular weight excluding hydrogens is 240 g/mol. The number of nitrogens with two attached hydrogens (primary N) is 1. The molecule has 0 spiro atoms.